The monoisotopic (exact) mass is 292 g/mol. The minimum absolute atomic E-state index is 1.16. The van der Waals surface area contributed by atoms with Crippen molar-refractivity contribution in [3.05, 3.63) is 65.4 Å². The molecule has 2 aromatic heterocycles. The van der Waals surface area contributed by atoms with Crippen LogP contribution in [0.4, 0.5) is 0 Å². The maximum absolute atomic E-state index is 4.28. The summed E-state index contributed by atoms with van der Waals surface area (Å²) in [6.07, 6.45) is 5.93. The van der Waals surface area contributed by atoms with Crippen LogP contribution in [0.5, 0.6) is 0 Å². The van der Waals surface area contributed by atoms with Crippen LogP contribution in [0, 0.1) is 27.7 Å². The fourth-order valence-corrected chi connectivity index (χ4v) is 3.32. The van der Waals surface area contributed by atoms with E-state index < -0.39 is 0 Å². The van der Waals surface area contributed by atoms with E-state index in [2.05, 4.69) is 72.3 Å². The third-order valence-electron chi connectivity index (χ3n) is 4.31. The summed E-state index contributed by atoms with van der Waals surface area (Å²) in [5.74, 6) is 0. The zero-order valence-corrected chi connectivity index (χ0v) is 13.9. The van der Waals surface area contributed by atoms with Crippen molar-refractivity contribution in [1.82, 2.24) is 9.55 Å². The molecule has 0 amide bonds. The number of aryl methyl sites for hydroxylation is 4. The Morgan fingerprint density at radius 2 is 1.82 bits per heavy atom. The summed E-state index contributed by atoms with van der Waals surface area (Å²) >= 11 is 0. The van der Waals surface area contributed by atoms with E-state index in [4.69, 9.17) is 0 Å². The van der Waals surface area contributed by atoms with Crippen molar-refractivity contribution in [1.29, 1.82) is 0 Å². The van der Waals surface area contributed by atoms with Crippen LogP contribution in [0.1, 0.15) is 22.4 Å². The molecule has 0 aliphatic heterocycles. The van der Waals surface area contributed by atoms with Gasteiger partial charge >= 0.3 is 0 Å². The third kappa shape index (κ3) is 2.23. The average Bonchev–Trinajstić information content (AvgIpc) is 2.87. The topological polar surface area (TPSA) is 21.7 Å². The van der Waals surface area contributed by atoms with Gasteiger partial charge in [-0.3, -0.25) is 0 Å². The average molecular weight is 292 g/mol. The molecule has 3 heteroatoms. The van der Waals surface area contributed by atoms with Gasteiger partial charge in [0.1, 0.15) is 0 Å². The first-order chi connectivity index (χ1) is 10.5. The highest BCUT2D eigenvalue weighted by Crippen LogP contribution is 2.31. The minimum atomic E-state index is 1.16. The van der Waals surface area contributed by atoms with Crippen molar-refractivity contribution < 1.29 is 4.57 Å². The van der Waals surface area contributed by atoms with Gasteiger partial charge in [0.2, 0.25) is 5.69 Å². The summed E-state index contributed by atoms with van der Waals surface area (Å²) in [4.78, 5) is 4.28. The van der Waals surface area contributed by atoms with Crippen molar-refractivity contribution in [3.8, 4) is 16.9 Å². The van der Waals surface area contributed by atoms with Gasteiger partial charge in [-0.1, -0.05) is 6.07 Å². The van der Waals surface area contributed by atoms with E-state index >= 15 is 0 Å². The van der Waals surface area contributed by atoms with E-state index in [-0.39, 0.29) is 0 Å². The highest BCUT2D eigenvalue weighted by molar-refractivity contribution is 5.72. The molecule has 112 valence electrons. The Labute approximate surface area is 131 Å². The summed E-state index contributed by atoms with van der Waals surface area (Å²) in [5.41, 5.74) is 8.80. The van der Waals surface area contributed by atoms with Crippen LogP contribution in [0.2, 0.25) is 0 Å². The molecule has 0 saturated heterocycles. The first-order valence-corrected chi connectivity index (χ1v) is 7.56. The lowest BCUT2D eigenvalue weighted by Gasteiger charge is -2.14. The molecule has 1 aromatic carbocycles. The van der Waals surface area contributed by atoms with Crippen LogP contribution in [-0.2, 0) is 7.05 Å². The molecule has 3 rings (SSSR count). The normalized spacial score (nSPS) is 11.0. The molecular formula is C19H22N3+. The first kappa shape index (κ1) is 14.5. The van der Waals surface area contributed by atoms with Crippen molar-refractivity contribution in [2.24, 2.45) is 7.05 Å². The smallest absolute Gasteiger partial charge is 0.217 e. The number of hydrogen-bond acceptors (Lipinski definition) is 1. The Kier molecular flexibility index (Phi) is 3.57. The summed E-state index contributed by atoms with van der Waals surface area (Å²) in [6, 6.07) is 8.56. The number of rotatable bonds is 2. The van der Waals surface area contributed by atoms with Crippen molar-refractivity contribution in [3.63, 3.8) is 0 Å². The molecule has 3 nitrogen and oxygen atoms in total. The minimum Gasteiger partial charge on any atom is -0.334 e. The van der Waals surface area contributed by atoms with E-state index in [0.29, 0.717) is 0 Å². The fourth-order valence-electron chi connectivity index (χ4n) is 3.32. The van der Waals surface area contributed by atoms with Crippen molar-refractivity contribution in [2.75, 3.05) is 0 Å². The third-order valence-corrected chi connectivity index (χ3v) is 4.31. The van der Waals surface area contributed by atoms with E-state index in [1.807, 2.05) is 19.6 Å². The van der Waals surface area contributed by atoms with Crippen LogP contribution in [0.15, 0.2) is 43.0 Å². The lowest BCUT2D eigenvalue weighted by atomic mass is 9.95. The number of aromatic nitrogens is 3. The van der Waals surface area contributed by atoms with Gasteiger partial charge in [-0.15, -0.1) is 0 Å². The summed E-state index contributed by atoms with van der Waals surface area (Å²) in [5, 5.41) is 0. The molecule has 0 saturated carbocycles. The fraction of sp³-hybridized carbons (Fsp3) is 0.263. The standard InChI is InChI=1S/C19H22N3/c1-13-10-14(2)19(22-9-7-6-8-15(22)3)16(4)18(13)17-11-20-12-21(17)5/h6-12H,1-5H3/q+1. The van der Waals surface area contributed by atoms with E-state index in [9.17, 15) is 0 Å². The maximum atomic E-state index is 4.28. The zero-order chi connectivity index (χ0) is 15.9. The molecule has 0 atom stereocenters. The summed E-state index contributed by atoms with van der Waals surface area (Å²) in [6.45, 7) is 8.70. The molecular weight excluding hydrogens is 270 g/mol. The van der Waals surface area contributed by atoms with E-state index in [1.54, 1.807) is 0 Å². The quantitative estimate of drug-likeness (QED) is 0.661. The van der Waals surface area contributed by atoms with Crippen LogP contribution in [0.3, 0.4) is 0 Å². The van der Waals surface area contributed by atoms with Crippen molar-refractivity contribution in [2.45, 2.75) is 27.7 Å². The Balaban J connectivity index is 2.34. The Hall–Kier alpha value is -2.42. The molecule has 0 fully saturated rings. The number of nitrogens with zero attached hydrogens (tertiary/aromatic N) is 3. The van der Waals surface area contributed by atoms with E-state index in [1.165, 1.54) is 33.6 Å². The highest BCUT2D eigenvalue weighted by Gasteiger charge is 2.22. The predicted octanol–water partition coefficient (Wildman–Crippen LogP) is 3.60. The Morgan fingerprint density at radius 3 is 2.45 bits per heavy atom. The molecule has 0 spiro atoms. The zero-order valence-electron chi connectivity index (χ0n) is 13.9. The molecule has 0 aliphatic carbocycles. The molecule has 3 aromatic rings. The van der Waals surface area contributed by atoms with Gasteiger partial charge in [0, 0.05) is 42.8 Å². The molecule has 0 unspecified atom stereocenters. The van der Waals surface area contributed by atoms with Gasteiger partial charge in [-0.25, -0.2) is 4.98 Å². The van der Waals surface area contributed by atoms with Gasteiger partial charge in [-0.2, -0.15) is 4.57 Å². The predicted molar refractivity (Wildman–Crippen MR) is 89.1 cm³/mol. The van der Waals surface area contributed by atoms with Crippen LogP contribution in [0.25, 0.3) is 16.9 Å². The Bertz CT molecular complexity index is 844. The number of imidazole rings is 1. The van der Waals surface area contributed by atoms with Gasteiger partial charge in [0.25, 0.3) is 0 Å². The van der Waals surface area contributed by atoms with Crippen LogP contribution in [-0.4, -0.2) is 9.55 Å². The van der Waals surface area contributed by atoms with Crippen LogP contribution < -0.4 is 4.57 Å². The first-order valence-electron chi connectivity index (χ1n) is 7.56. The lowest BCUT2D eigenvalue weighted by Crippen LogP contribution is -2.35. The molecule has 0 radical (unpaired) electrons. The van der Waals surface area contributed by atoms with Gasteiger partial charge in [0.05, 0.1) is 18.2 Å². The largest absolute Gasteiger partial charge is 0.334 e. The molecule has 22 heavy (non-hydrogen) atoms. The van der Waals surface area contributed by atoms with Gasteiger partial charge in [0.15, 0.2) is 11.9 Å². The molecule has 0 N–H and O–H groups in total. The second kappa shape index (κ2) is 5.41. The summed E-state index contributed by atoms with van der Waals surface area (Å²) in [7, 11) is 2.04. The molecule has 0 aliphatic rings. The number of pyridine rings is 1. The van der Waals surface area contributed by atoms with Crippen LogP contribution >= 0.6 is 0 Å². The second-order valence-corrected chi connectivity index (χ2v) is 5.96. The number of benzene rings is 1. The van der Waals surface area contributed by atoms with Gasteiger partial charge in [-0.05, 0) is 32.4 Å². The maximum Gasteiger partial charge on any atom is 0.217 e. The molecule has 0 bridgehead atoms. The van der Waals surface area contributed by atoms with Gasteiger partial charge < -0.3 is 4.57 Å². The highest BCUT2D eigenvalue weighted by atomic mass is 15.0. The number of hydrogen-bond donors (Lipinski definition) is 0. The summed E-state index contributed by atoms with van der Waals surface area (Å²) < 4.78 is 4.35. The second-order valence-electron chi connectivity index (χ2n) is 5.96. The molecule has 2 heterocycles. The lowest BCUT2D eigenvalue weighted by molar-refractivity contribution is -0.603. The van der Waals surface area contributed by atoms with Crippen molar-refractivity contribution >= 4 is 0 Å². The Morgan fingerprint density at radius 1 is 1.05 bits per heavy atom. The van der Waals surface area contributed by atoms with E-state index in [0.717, 1.165) is 5.69 Å². The SMILES string of the molecule is Cc1cc(C)c(-[n+]2ccccc2C)c(C)c1-c1cncn1C.